The number of alkyl halides is 3. The van der Waals surface area contributed by atoms with E-state index in [1.165, 1.54) is 11.5 Å². The number of carboxylic acid groups (broad SMARTS) is 1. The minimum Gasteiger partial charge on any atom is -0.477 e. The smallest absolute Gasteiger partial charge is 0.477 e. The van der Waals surface area contributed by atoms with Gasteiger partial charge in [-0.25, -0.2) is 14.6 Å². The van der Waals surface area contributed by atoms with E-state index in [4.69, 9.17) is 5.73 Å². The van der Waals surface area contributed by atoms with E-state index in [0.717, 1.165) is 53.9 Å². The minimum atomic E-state index is -5.39. The Morgan fingerprint density at radius 2 is 1.98 bits per heavy atom. The van der Waals surface area contributed by atoms with Gasteiger partial charge in [0.25, 0.3) is 11.8 Å². The molecule has 0 aromatic carbocycles. The highest BCUT2D eigenvalue weighted by atomic mass is 32.2. The summed E-state index contributed by atoms with van der Waals surface area (Å²) in [5.41, 5.74) is 4.75. The Morgan fingerprint density at radius 1 is 1.26 bits per heavy atom. The highest BCUT2D eigenvalue weighted by molar-refractivity contribution is 8.00. The molecule has 230 valence electrons. The van der Waals surface area contributed by atoms with Crippen molar-refractivity contribution < 1.29 is 47.1 Å². The zero-order valence-corrected chi connectivity index (χ0v) is 23.7. The van der Waals surface area contributed by atoms with Crippen molar-refractivity contribution in [3.63, 3.8) is 0 Å². The van der Waals surface area contributed by atoms with Crippen LogP contribution in [0.4, 0.5) is 18.3 Å². The number of nitrogen functional groups attached to an aromatic ring is 1. The van der Waals surface area contributed by atoms with Crippen molar-refractivity contribution in [2.45, 2.75) is 42.9 Å². The number of hydrogen-bond donors (Lipinski definition) is 4. The van der Waals surface area contributed by atoms with Crippen molar-refractivity contribution in [3.05, 3.63) is 34.0 Å². The van der Waals surface area contributed by atoms with Crippen molar-refractivity contribution in [2.24, 2.45) is 5.16 Å². The average Bonchev–Trinajstić information content (AvgIpc) is 3.56. The highest BCUT2D eigenvalue weighted by Crippen LogP contribution is 2.41. The van der Waals surface area contributed by atoms with Gasteiger partial charge in [0.15, 0.2) is 10.8 Å². The van der Waals surface area contributed by atoms with Crippen LogP contribution in [0.25, 0.3) is 0 Å². The number of fused-ring (bicyclic) bond motifs is 1. The van der Waals surface area contributed by atoms with Crippen molar-refractivity contribution in [2.75, 3.05) is 31.1 Å². The largest absolute Gasteiger partial charge is 0.493 e. The normalized spacial score (nSPS) is 24.3. The Kier molecular flexibility index (Phi) is 8.48. The maximum absolute atomic E-state index is 13.1. The summed E-state index contributed by atoms with van der Waals surface area (Å²) >= 11 is 1.96. The number of anilines is 1. The molecule has 19 heteroatoms. The van der Waals surface area contributed by atoms with Crippen molar-refractivity contribution in [1.29, 1.82) is 0 Å². The van der Waals surface area contributed by atoms with Gasteiger partial charge in [0, 0.05) is 29.3 Å². The number of oxime groups is 1. The van der Waals surface area contributed by atoms with Gasteiger partial charge in [0.1, 0.15) is 22.8 Å². The Balaban J connectivity index is 1.33. The molecule has 0 radical (unpaired) electrons. The van der Waals surface area contributed by atoms with E-state index in [0.29, 0.717) is 18.5 Å². The molecule has 3 saturated heterocycles. The SMILES string of the molecule is Nc1nc(/C(=N/OC(=O)C(F)(F)F)C(=O)N[C@@H]2C(=O)N3C(C(=O)O)=C(/C=C4\CCN(C5CCNCC5)C4=O)CS[C@H]23)cs1. The number of likely N-dealkylation sites (tertiary alicyclic amines) is 1. The number of amides is 3. The lowest BCUT2D eigenvalue weighted by molar-refractivity contribution is -0.199. The summed E-state index contributed by atoms with van der Waals surface area (Å²) in [6.45, 7) is 2.13. The number of carboxylic acids is 1. The number of nitrogens with one attached hydrogen (secondary N) is 2. The molecule has 0 bridgehead atoms. The number of piperidine rings is 1. The first-order valence-electron chi connectivity index (χ1n) is 12.9. The van der Waals surface area contributed by atoms with Gasteiger partial charge < -0.3 is 31.2 Å². The lowest BCUT2D eigenvalue weighted by Gasteiger charge is -2.49. The number of thiazole rings is 1. The van der Waals surface area contributed by atoms with Crippen molar-refractivity contribution >= 4 is 63.6 Å². The van der Waals surface area contributed by atoms with Crippen LogP contribution in [0.1, 0.15) is 25.0 Å². The van der Waals surface area contributed by atoms with Gasteiger partial charge in [0.05, 0.1) is 0 Å². The summed E-state index contributed by atoms with van der Waals surface area (Å²) in [7, 11) is 0. The summed E-state index contributed by atoms with van der Waals surface area (Å²) in [6, 6.07) is -1.19. The number of rotatable bonds is 7. The number of nitrogens with zero attached hydrogens (tertiary/aromatic N) is 4. The molecule has 2 atom stereocenters. The molecule has 0 aliphatic carbocycles. The van der Waals surface area contributed by atoms with E-state index in [9.17, 15) is 42.3 Å². The molecule has 14 nitrogen and oxygen atoms in total. The van der Waals surface area contributed by atoms with E-state index in [1.54, 1.807) is 4.90 Å². The number of aliphatic carboxylic acids is 1. The van der Waals surface area contributed by atoms with E-state index in [2.05, 4.69) is 25.6 Å². The Bertz CT molecular complexity index is 1470. The molecule has 1 aromatic heterocycles. The van der Waals surface area contributed by atoms with Crippen LogP contribution in [0.3, 0.4) is 0 Å². The second-order valence-corrected chi connectivity index (χ2v) is 11.8. The molecule has 0 unspecified atom stereocenters. The van der Waals surface area contributed by atoms with E-state index >= 15 is 0 Å². The average molecular weight is 644 g/mol. The first-order valence-corrected chi connectivity index (χ1v) is 14.8. The summed E-state index contributed by atoms with van der Waals surface area (Å²) in [6.07, 6.45) is -1.80. The molecule has 3 amide bonds. The van der Waals surface area contributed by atoms with Crippen LogP contribution >= 0.6 is 23.1 Å². The van der Waals surface area contributed by atoms with Crippen LogP contribution < -0.4 is 16.4 Å². The molecule has 43 heavy (non-hydrogen) atoms. The molecule has 0 spiro atoms. The van der Waals surface area contributed by atoms with Gasteiger partial charge in [0.2, 0.25) is 5.91 Å². The third-order valence-corrected chi connectivity index (χ3v) is 9.15. The standard InChI is InChI=1S/C24H24F3N7O7S2/c25-24(26,27)22(40)41-32-14(13-9-43-23(28)30-13)17(35)31-15-19(37)34-16(21(38)39)11(8-42-20(15)34)7-10-3-6-33(18(10)36)12-1-4-29-5-2-12/h7,9,12,15,20,29H,1-6,8H2,(H2,28,30)(H,31,35)(H,38,39)/b10-7+,32-14-/t15-,20-/m1/s1. The fraction of sp³-hybridized carbons (Fsp3) is 0.458. The molecular weight excluding hydrogens is 619 g/mol. The van der Waals surface area contributed by atoms with Gasteiger partial charge >= 0.3 is 18.1 Å². The van der Waals surface area contributed by atoms with Gasteiger partial charge in [-0.05, 0) is 44.0 Å². The number of aromatic nitrogens is 1. The monoisotopic (exact) mass is 643 g/mol. The number of nitrogens with two attached hydrogens (primary N) is 1. The van der Waals surface area contributed by atoms with Gasteiger partial charge in [-0.15, -0.1) is 23.1 Å². The van der Waals surface area contributed by atoms with Crippen LogP contribution in [-0.2, 0) is 28.8 Å². The molecule has 4 aliphatic heterocycles. The van der Waals surface area contributed by atoms with Crippen LogP contribution in [0, 0.1) is 0 Å². The Hall–Kier alpha value is -3.97. The maximum atomic E-state index is 13.1. The lowest BCUT2D eigenvalue weighted by atomic mass is 10.0. The second kappa shape index (κ2) is 12.0. The summed E-state index contributed by atoms with van der Waals surface area (Å²) in [5.74, 6) is -6.18. The predicted octanol–water partition coefficient (Wildman–Crippen LogP) is 0.184. The molecular formula is C24H24F3N7O7S2. The Morgan fingerprint density at radius 3 is 2.60 bits per heavy atom. The number of halogens is 3. The van der Waals surface area contributed by atoms with Gasteiger partial charge in [-0.3, -0.25) is 19.3 Å². The minimum absolute atomic E-state index is 0.0659. The highest BCUT2D eigenvalue weighted by Gasteiger charge is 2.54. The van der Waals surface area contributed by atoms with Crippen LogP contribution in [-0.4, -0.2) is 104 Å². The second-order valence-electron chi connectivity index (χ2n) is 9.83. The molecule has 5 rings (SSSR count). The third kappa shape index (κ3) is 6.09. The van der Waals surface area contributed by atoms with E-state index in [1.807, 2.05) is 0 Å². The quantitative estimate of drug-likeness (QED) is 0.104. The number of allylic oxidation sites excluding steroid dienone is 1. The molecule has 5 heterocycles. The number of thioether (sulfide) groups is 1. The first-order chi connectivity index (χ1) is 20.4. The van der Waals surface area contributed by atoms with Crippen LogP contribution in [0.2, 0.25) is 0 Å². The molecule has 0 saturated carbocycles. The maximum Gasteiger partial charge on any atom is 0.493 e. The molecule has 1 aromatic rings. The lowest BCUT2D eigenvalue weighted by Crippen LogP contribution is -2.71. The fourth-order valence-corrected chi connectivity index (χ4v) is 7.00. The number of carbonyl (C=O) groups excluding carboxylic acids is 4. The van der Waals surface area contributed by atoms with Crippen molar-refractivity contribution in [1.82, 2.24) is 25.4 Å². The van der Waals surface area contributed by atoms with Crippen LogP contribution in [0.15, 0.2) is 33.5 Å². The predicted molar refractivity (Wildman–Crippen MR) is 145 cm³/mol. The van der Waals surface area contributed by atoms with E-state index < -0.39 is 47.1 Å². The third-order valence-electron chi connectivity index (χ3n) is 7.17. The number of β-lactam (4-membered cyclic amide) rings is 1. The number of carbonyl (C=O) groups is 5. The molecule has 3 fully saturated rings. The summed E-state index contributed by atoms with van der Waals surface area (Å²) in [5, 5.41) is 18.8. The summed E-state index contributed by atoms with van der Waals surface area (Å²) < 4.78 is 37.8. The molecule has 5 N–H and O–H groups in total. The fourth-order valence-electron chi connectivity index (χ4n) is 5.15. The van der Waals surface area contributed by atoms with Gasteiger partial charge in [-0.1, -0.05) is 5.16 Å². The summed E-state index contributed by atoms with van der Waals surface area (Å²) in [4.78, 5) is 73.0. The Labute approximate surface area is 249 Å². The first kappa shape index (κ1) is 30.5. The van der Waals surface area contributed by atoms with E-state index in [-0.39, 0.29) is 39.8 Å². The van der Waals surface area contributed by atoms with Crippen molar-refractivity contribution in [3.8, 4) is 0 Å². The molecule has 4 aliphatic rings. The van der Waals surface area contributed by atoms with Gasteiger partial charge in [-0.2, -0.15) is 13.2 Å². The topological polar surface area (TPSA) is 197 Å². The zero-order valence-electron chi connectivity index (χ0n) is 22.0. The van der Waals surface area contributed by atoms with Crippen LogP contribution in [0.5, 0.6) is 0 Å². The zero-order chi connectivity index (χ0) is 31.1. The number of hydrogen-bond acceptors (Lipinski definition) is 12.